The average Bonchev–Trinajstić information content (AvgIpc) is 2.28. The first-order valence-electron chi connectivity index (χ1n) is 7.30. The van der Waals surface area contributed by atoms with Gasteiger partial charge in [0, 0.05) is 24.7 Å². The Hall–Kier alpha value is -0.860. The van der Waals surface area contributed by atoms with Gasteiger partial charge in [0.2, 0.25) is 0 Å². The molecule has 1 N–H and O–H groups in total. The minimum absolute atomic E-state index is 0.158. The quantitative estimate of drug-likeness (QED) is 0.841. The molecular weight excluding hydrogens is 232 g/mol. The highest BCUT2D eigenvalue weighted by Crippen LogP contribution is 2.20. The summed E-state index contributed by atoms with van der Waals surface area (Å²) < 4.78 is 0. The maximum atomic E-state index is 3.63. The molecule has 1 aromatic carbocycles. The molecule has 1 aromatic rings. The van der Waals surface area contributed by atoms with E-state index in [9.17, 15) is 0 Å². The molecule has 0 heterocycles. The molecule has 108 valence electrons. The Labute approximate surface area is 119 Å². The second-order valence-corrected chi connectivity index (χ2v) is 6.89. The van der Waals surface area contributed by atoms with Crippen molar-refractivity contribution in [2.45, 2.75) is 46.2 Å². The molecule has 2 heteroatoms. The van der Waals surface area contributed by atoms with Crippen LogP contribution in [0.4, 0.5) is 0 Å². The molecule has 1 atom stereocenters. The van der Waals surface area contributed by atoms with E-state index in [-0.39, 0.29) is 5.54 Å². The predicted molar refractivity (Wildman–Crippen MR) is 84.4 cm³/mol. The average molecular weight is 262 g/mol. The summed E-state index contributed by atoms with van der Waals surface area (Å²) in [5.74, 6) is 0.686. The first kappa shape index (κ1) is 16.2. The second-order valence-electron chi connectivity index (χ2n) is 6.89. The van der Waals surface area contributed by atoms with Gasteiger partial charge in [0.15, 0.2) is 0 Å². The van der Waals surface area contributed by atoms with E-state index in [1.54, 1.807) is 0 Å². The van der Waals surface area contributed by atoms with Crippen LogP contribution in [-0.2, 0) is 0 Å². The Kier molecular flexibility index (Phi) is 6.02. The SMILES string of the molecule is CC(C)CN(C)C(CNC(C)(C)C)c1ccccc1. The number of hydrogen-bond donors (Lipinski definition) is 1. The zero-order valence-electron chi connectivity index (χ0n) is 13.4. The van der Waals surface area contributed by atoms with E-state index in [1.165, 1.54) is 5.56 Å². The zero-order chi connectivity index (χ0) is 14.5. The predicted octanol–water partition coefficient (Wildman–Crippen LogP) is 3.70. The van der Waals surface area contributed by atoms with E-state index >= 15 is 0 Å². The van der Waals surface area contributed by atoms with Gasteiger partial charge in [-0.3, -0.25) is 4.90 Å². The van der Waals surface area contributed by atoms with Crippen LogP contribution in [0, 0.1) is 5.92 Å². The van der Waals surface area contributed by atoms with E-state index in [4.69, 9.17) is 0 Å². The minimum Gasteiger partial charge on any atom is -0.310 e. The molecule has 2 nitrogen and oxygen atoms in total. The fourth-order valence-corrected chi connectivity index (χ4v) is 2.31. The van der Waals surface area contributed by atoms with Crippen molar-refractivity contribution in [3.63, 3.8) is 0 Å². The number of hydrogen-bond acceptors (Lipinski definition) is 2. The summed E-state index contributed by atoms with van der Waals surface area (Å²) in [5, 5.41) is 3.63. The third-order valence-electron chi connectivity index (χ3n) is 3.20. The Bertz CT molecular complexity index is 351. The Morgan fingerprint density at radius 3 is 2.16 bits per heavy atom. The fourth-order valence-electron chi connectivity index (χ4n) is 2.31. The molecule has 0 amide bonds. The zero-order valence-corrected chi connectivity index (χ0v) is 13.4. The Balaban J connectivity index is 2.79. The molecule has 0 aliphatic carbocycles. The lowest BCUT2D eigenvalue weighted by atomic mass is 10.0. The van der Waals surface area contributed by atoms with Gasteiger partial charge in [0.1, 0.15) is 0 Å². The van der Waals surface area contributed by atoms with Crippen LogP contribution in [0.5, 0.6) is 0 Å². The molecule has 0 fully saturated rings. The van der Waals surface area contributed by atoms with E-state index in [0.717, 1.165) is 13.1 Å². The van der Waals surface area contributed by atoms with Crippen molar-refractivity contribution in [2.75, 3.05) is 20.1 Å². The van der Waals surface area contributed by atoms with Crippen molar-refractivity contribution in [1.82, 2.24) is 10.2 Å². The molecule has 0 radical (unpaired) electrons. The van der Waals surface area contributed by atoms with Gasteiger partial charge in [-0.15, -0.1) is 0 Å². The molecule has 0 saturated carbocycles. The first-order valence-corrected chi connectivity index (χ1v) is 7.30. The topological polar surface area (TPSA) is 15.3 Å². The maximum Gasteiger partial charge on any atom is 0.0469 e. The van der Waals surface area contributed by atoms with Gasteiger partial charge < -0.3 is 5.32 Å². The van der Waals surface area contributed by atoms with Gasteiger partial charge >= 0.3 is 0 Å². The summed E-state index contributed by atoms with van der Waals surface area (Å²) in [4.78, 5) is 2.46. The van der Waals surface area contributed by atoms with Crippen molar-refractivity contribution in [2.24, 2.45) is 5.92 Å². The summed E-state index contributed by atoms with van der Waals surface area (Å²) in [5.41, 5.74) is 1.55. The molecular formula is C17H30N2. The highest BCUT2D eigenvalue weighted by molar-refractivity contribution is 5.19. The summed E-state index contributed by atoms with van der Waals surface area (Å²) in [6, 6.07) is 11.2. The normalized spacial score (nSPS) is 14.1. The van der Waals surface area contributed by atoms with Crippen LogP contribution in [0.2, 0.25) is 0 Å². The van der Waals surface area contributed by atoms with Crippen LogP contribution in [0.1, 0.15) is 46.2 Å². The summed E-state index contributed by atoms with van der Waals surface area (Å²) in [6.07, 6.45) is 0. The van der Waals surface area contributed by atoms with Crippen molar-refractivity contribution in [3.8, 4) is 0 Å². The minimum atomic E-state index is 0.158. The van der Waals surface area contributed by atoms with Gasteiger partial charge in [-0.1, -0.05) is 44.2 Å². The van der Waals surface area contributed by atoms with Gasteiger partial charge in [-0.2, -0.15) is 0 Å². The van der Waals surface area contributed by atoms with Crippen LogP contribution < -0.4 is 5.32 Å². The molecule has 0 aliphatic heterocycles. The van der Waals surface area contributed by atoms with Gasteiger partial charge in [-0.05, 0) is 39.3 Å². The lowest BCUT2D eigenvalue weighted by Gasteiger charge is -2.33. The van der Waals surface area contributed by atoms with Crippen molar-refractivity contribution in [1.29, 1.82) is 0 Å². The molecule has 0 spiro atoms. The van der Waals surface area contributed by atoms with Crippen LogP contribution in [0.15, 0.2) is 30.3 Å². The highest BCUT2D eigenvalue weighted by atomic mass is 15.2. The number of nitrogens with zero attached hydrogens (tertiary/aromatic N) is 1. The molecule has 0 aliphatic rings. The van der Waals surface area contributed by atoms with Crippen LogP contribution in [0.3, 0.4) is 0 Å². The van der Waals surface area contributed by atoms with E-state index in [0.29, 0.717) is 12.0 Å². The first-order chi connectivity index (χ1) is 8.79. The second kappa shape index (κ2) is 7.06. The number of nitrogens with one attached hydrogen (secondary N) is 1. The summed E-state index contributed by atoms with van der Waals surface area (Å²) in [6.45, 7) is 13.3. The number of benzene rings is 1. The number of likely N-dealkylation sites (N-methyl/N-ethyl adjacent to an activating group) is 1. The van der Waals surface area contributed by atoms with Crippen molar-refractivity contribution in [3.05, 3.63) is 35.9 Å². The van der Waals surface area contributed by atoms with Crippen molar-refractivity contribution < 1.29 is 0 Å². The van der Waals surface area contributed by atoms with E-state index < -0.39 is 0 Å². The Morgan fingerprint density at radius 2 is 1.68 bits per heavy atom. The van der Waals surface area contributed by atoms with Gasteiger partial charge in [-0.25, -0.2) is 0 Å². The molecule has 1 unspecified atom stereocenters. The Morgan fingerprint density at radius 1 is 1.11 bits per heavy atom. The maximum absolute atomic E-state index is 3.63. The largest absolute Gasteiger partial charge is 0.310 e. The van der Waals surface area contributed by atoms with Crippen LogP contribution >= 0.6 is 0 Å². The van der Waals surface area contributed by atoms with E-state index in [2.05, 4.69) is 82.2 Å². The highest BCUT2D eigenvalue weighted by Gasteiger charge is 2.20. The smallest absolute Gasteiger partial charge is 0.0469 e. The molecule has 19 heavy (non-hydrogen) atoms. The standard InChI is InChI=1S/C17H30N2/c1-14(2)13-19(6)16(12-18-17(3,4)5)15-10-8-7-9-11-15/h7-11,14,16,18H,12-13H2,1-6H3. The van der Waals surface area contributed by atoms with Gasteiger partial charge in [0.05, 0.1) is 0 Å². The number of rotatable bonds is 6. The fraction of sp³-hybridized carbons (Fsp3) is 0.647. The van der Waals surface area contributed by atoms with Gasteiger partial charge in [0.25, 0.3) is 0 Å². The summed E-state index contributed by atoms with van der Waals surface area (Å²) in [7, 11) is 2.22. The lowest BCUT2D eigenvalue weighted by molar-refractivity contribution is 0.202. The molecule has 0 saturated heterocycles. The molecule has 1 rings (SSSR count). The summed E-state index contributed by atoms with van der Waals surface area (Å²) >= 11 is 0. The third kappa shape index (κ3) is 6.22. The van der Waals surface area contributed by atoms with Crippen molar-refractivity contribution >= 4 is 0 Å². The van der Waals surface area contributed by atoms with Crippen LogP contribution in [-0.4, -0.2) is 30.6 Å². The van der Waals surface area contributed by atoms with Crippen LogP contribution in [0.25, 0.3) is 0 Å². The molecule has 0 aromatic heterocycles. The molecule has 0 bridgehead atoms. The lowest BCUT2D eigenvalue weighted by Crippen LogP contribution is -2.43. The van der Waals surface area contributed by atoms with E-state index in [1.807, 2.05) is 0 Å². The third-order valence-corrected chi connectivity index (χ3v) is 3.20. The monoisotopic (exact) mass is 262 g/mol.